The minimum absolute atomic E-state index is 0.0747. The van der Waals surface area contributed by atoms with Crippen molar-refractivity contribution in [3.8, 4) is 0 Å². The van der Waals surface area contributed by atoms with Crippen LogP contribution in [0.5, 0.6) is 0 Å². The van der Waals surface area contributed by atoms with E-state index in [2.05, 4.69) is 16.4 Å². The molecular weight excluding hydrogens is 258 g/mol. The van der Waals surface area contributed by atoms with Gasteiger partial charge in [0, 0.05) is 18.8 Å². The van der Waals surface area contributed by atoms with Crippen LogP contribution < -0.4 is 16.6 Å². The van der Waals surface area contributed by atoms with Crippen molar-refractivity contribution in [1.82, 2.24) is 14.9 Å². The van der Waals surface area contributed by atoms with E-state index < -0.39 is 11.2 Å². The highest BCUT2D eigenvalue weighted by Gasteiger charge is 2.06. The quantitative estimate of drug-likeness (QED) is 0.771. The van der Waals surface area contributed by atoms with Crippen molar-refractivity contribution in [2.45, 2.75) is 38.6 Å². The third kappa shape index (κ3) is 4.22. The number of amides is 1. The Hall–Kier alpha value is -2.11. The summed E-state index contributed by atoms with van der Waals surface area (Å²) in [4.78, 5) is 36.1. The highest BCUT2D eigenvalue weighted by molar-refractivity contribution is 5.75. The first-order valence-electron chi connectivity index (χ1n) is 6.89. The number of H-pyrrole nitrogens is 1. The minimum atomic E-state index is -0.567. The first-order chi connectivity index (χ1) is 9.65. The maximum atomic E-state index is 11.7. The summed E-state index contributed by atoms with van der Waals surface area (Å²) >= 11 is 0. The number of allylic oxidation sites excluding steroid dienone is 1. The summed E-state index contributed by atoms with van der Waals surface area (Å²) in [6, 6.07) is 1.22. The van der Waals surface area contributed by atoms with Gasteiger partial charge in [0.15, 0.2) is 0 Å². The molecule has 1 heterocycles. The van der Waals surface area contributed by atoms with Crippen molar-refractivity contribution in [1.29, 1.82) is 0 Å². The van der Waals surface area contributed by atoms with Crippen molar-refractivity contribution >= 4 is 5.91 Å². The second-order valence-electron chi connectivity index (χ2n) is 4.95. The first kappa shape index (κ1) is 14.3. The van der Waals surface area contributed by atoms with Gasteiger partial charge in [-0.3, -0.25) is 19.1 Å². The van der Waals surface area contributed by atoms with E-state index in [0.29, 0.717) is 6.54 Å². The molecule has 1 aliphatic carbocycles. The predicted molar refractivity (Wildman–Crippen MR) is 75.5 cm³/mol. The normalized spacial score (nSPS) is 14.7. The van der Waals surface area contributed by atoms with E-state index in [9.17, 15) is 14.4 Å². The molecule has 20 heavy (non-hydrogen) atoms. The number of nitrogens with one attached hydrogen (secondary N) is 2. The third-order valence-corrected chi connectivity index (χ3v) is 3.36. The number of aromatic nitrogens is 2. The molecular formula is C14H19N3O3. The van der Waals surface area contributed by atoms with Gasteiger partial charge in [-0.05, 0) is 32.1 Å². The van der Waals surface area contributed by atoms with Crippen molar-refractivity contribution in [2.75, 3.05) is 6.54 Å². The van der Waals surface area contributed by atoms with Gasteiger partial charge in [0.2, 0.25) is 5.91 Å². The lowest BCUT2D eigenvalue weighted by molar-refractivity contribution is -0.121. The number of rotatable bonds is 5. The van der Waals surface area contributed by atoms with Crippen LogP contribution in [0.15, 0.2) is 33.5 Å². The number of hydrogen-bond donors (Lipinski definition) is 2. The maximum Gasteiger partial charge on any atom is 0.328 e. The van der Waals surface area contributed by atoms with Gasteiger partial charge in [-0.1, -0.05) is 11.6 Å². The second kappa shape index (κ2) is 6.88. The summed E-state index contributed by atoms with van der Waals surface area (Å²) in [5, 5.41) is 2.79. The molecule has 1 aliphatic rings. The van der Waals surface area contributed by atoms with Crippen molar-refractivity contribution < 1.29 is 4.79 Å². The van der Waals surface area contributed by atoms with E-state index in [-0.39, 0.29) is 12.5 Å². The molecule has 2 rings (SSSR count). The molecule has 1 amide bonds. The van der Waals surface area contributed by atoms with Crippen LogP contribution in [0.1, 0.15) is 32.1 Å². The van der Waals surface area contributed by atoms with Gasteiger partial charge in [0.05, 0.1) is 0 Å². The van der Waals surface area contributed by atoms with E-state index in [1.807, 2.05) is 0 Å². The van der Waals surface area contributed by atoms with Gasteiger partial charge in [0.1, 0.15) is 6.54 Å². The summed E-state index contributed by atoms with van der Waals surface area (Å²) < 4.78 is 1.18. The number of carbonyl (C=O) groups is 1. The highest BCUT2D eigenvalue weighted by Crippen LogP contribution is 2.19. The van der Waals surface area contributed by atoms with Gasteiger partial charge >= 0.3 is 5.69 Å². The minimum Gasteiger partial charge on any atom is -0.354 e. The van der Waals surface area contributed by atoms with E-state index in [1.165, 1.54) is 35.2 Å². The average Bonchev–Trinajstić information content (AvgIpc) is 2.43. The Bertz CT molecular complexity index is 613. The number of carbonyl (C=O) groups excluding carboxylic acids is 1. The monoisotopic (exact) mass is 277 g/mol. The predicted octanol–water partition coefficient (Wildman–Crippen LogP) is 0.543. The number of nitrogens with zero attached hydrogens (tertiary/aromatic N) is 1. The molecule has 108 valence electrons. The maximum absolute atomic E-state index is 11.7. The van der Waals surface area contributed by atoms with Crippen LogP contribution in [0.25, 0.3) is 0 Å². The molecule has 0 spiro atoms. The Kier molecular flexibility index (Phi) is 4.92. The number of hydrogen-bond acceptors (Lipinski definition) is 3. The molecule has 0 fully saturated rings. The van der Waals surface area contributed by atoms with Gasteiger partial charge in [0.25, 0.3) is 5.56 Å². The van der Waals surface area contributed by atoms with Crippen LogP contribution in [0, 0.1) is 0 Å². The zero-order chi connectivity index (χ0) is 14.4. The Morgan fingerprint density at radius 1 is 1.35 bits per heavy atom. The Morgan fingerprint density at radius 2 is 2.20 bits per heavy atom. The van der Waals surface area contributed by atoms with Gasteiger partial charge in [-0.25, -0.2) is 4.79 Å². The standard InChI is InChI=1S/C14H19N3O3/c18-12-7-9-17(14(20)16-12)10-13(19)15-8-6-11-4-2-1-3-5-11/h4,7,9H,1-3,5-6,8,10H2,(H,15,19)(H,16,18,20). The fourth-order valence-electron chi connectivity index (χ4n) is 2.27. The SMILES string of the molecule is O=C(Cn1ccc(=O)[nH]c1=O)NCCC1=CCCCC1. The second-order valence-corrected chi connectivity index (χ2v) is 4.95. The molecule has 2 N–H and O–H groups in total. The van der Waals surface area contributed by atoms with Crippen LogP contribution in [0.3, 0.4) is 0 Å². The molecule has 1 aromatic heterocycles. The zero-order valence-electron chi connectivity index (χ0n) is 11.4. The lowest BCUT2D eigenvalue weighted by Crippen LogP contribution is -2.35. The molecule has 0 saturated heterocycles. The molecule has 6 heteroatoms. The molecule has 0 radical (unpaired) electrons. The summed E-state index contributed by atoms with van der Waals surface area (Å²) in [5.74, 6) is -0.226. The third-order valence-electron chi connectivity index (χ3n) is 3.36. The smallest absolute Gasteiger partial charge is 0.328 e. The largest absolute Gasteiger partial charge is 0.354 e. The molecule has 0 aromatic carbocycles. The van der Waals surface area contributed by atoms with Crippen LogP contribution in [0.2, 0.25) is 0 Å². The zero-order valence-corrected chi connectivity index (χ0v) is 11.4. The molecule has 0 unspecified atom stereocenters. The van der Waals surface area contributed by atoms with Gasteiger partial charge < -0.3 is 5.32 Å². The summed E-state index contributed by atoms with van der Waals surface area (Å²) in [7, 11) is 0. The summed E-state index contributed by atoms with van der Waals surface area (Å²) in [6.07, 6.45) is 9.18. The van der Waals surface area contributed by atoms with Gasteiger partial charge in [-0.15, -0.1) is 0 Å². The van der Waals surface area contributed by atoms with Crippen molar-refractivity contribution in [3.63, 3.8) is 0 Å². The molecule has 0 atom stereocenters. The summed E-state index contributed by atoms with van der Waals surface area (Å²) in [5.41, 5.74) is 0.372. The van der Waals surface area contributed by atoms with Gasteiger partial charge in [-0.2, -0.15) is 0 Å². The fraction of sp³-hybridized carbons (Fsp3) is 0.500. The van der Waals surface area contributed by atoms with Crippen LogP contribution in [0.4, 0.5) is 0 Å². The topological polar surface area (TPSA) is 84.0 Å². The van der Waals surface area contributed by atoms with E-state index >= 15 is 0 Å². The molecule has 0 aliphatic heterocycles. The first-order valence-corrected chi connectivity index (χ1v) is 6.89. The molecule has 0 bridgehead atoms. The Balaban J connectivity index is 1.79. The molecule has 6 nitrogen and oxygen atoms in total. The lowest BCUT2D eigenvalue weighted by atomic mass is 9.97. The summed E-state index contributed by atoms with van der Waals surface area (Å²) in [6.45, 7) is 0.511. The lowest BCUT2D eigenvalue weighted by Gasteiger charge is -2.13. The van der Waals surface area contributed by atoms with E-state index in [1.54, 1.807) is 0 Å². The Labute approximate surface area is 116 Å². The molecule has 0 saturated carbocycles. The number of aromatic amines is 1. The van der Waals surface area contributed by atoms with Crippen molar-refractivity contribution in [2.24, 2.45) is 0 Å². The highest BCUT2D eigenvalue weighted by atomic mass is 16.2. The van der Waals surface area contributed by atoms with Crippen LogP contribution in [-0.4, -0.2) is 22.0 Å². The van der Waals surface area contributed by atoms with Crippen molar-refractivity contribution in [3.05, 3.63) is 44.8 Å². The van der Waals surface area contributed by atoms with E-state index in [0.717, 1.165) is 19.3 Å². The van der Waals surface area contributed by atoms with Crippen LogP contribution >= 0.6 is 0 Å². The van der Waals surface area contributed by atoms with Crippen LogP contribution in [-0.2, 0) is 11.3 Å². The fourth-order valence-corrected chi connectivity index (χ4v) is 2.27. The Morgan fingerprint density at radius 3 is 2.90 bits per heavy atom. The molecule has 1 aromatic rings. The average molecular weight is 277 g/mol. The van der Waals surface area contributed by atoms with E-state index in [4.69, 9.17) is 0 Å².